The van der Waals surface area contributed by atoms with E-state index in [-0.39, 0.29) is 30.3 Å². The summed E-state index contributed by atoms with van der Waals surface area (Å²) in [5.74, 6) is -0.711. The first kappa shape index (κ1) is 16.1. The van der Waals surface area contributed by atoms with Gasteiger partial charge in [-0.25, -0.2) is 4.79 Å². The zero-order valence-corrected chi connectivity index (χ0v) is 10.6. The summed E-state index contributed by atoms with van der Waals surface area (Å²) >= 11 is 0. The van der Waals surface area contributed by atoms with Crippen molar-refractivity contribution in [1.29, 1.82) is 0 Å². The minimum Gasteiger partial charge on any atom is -0.493 e. The number of carboxylic acids is 1. The van der Waals surface area contributed by atoms with Crippen molar-refractivity contribution >= 4 is 5.97 Å². The highest BCUT2D eigenvalue weighted by molar-refractivity contribution is 5.88. The van der Waals surface area contributed by atoms with Crippen molar-refractivity contribution in [2.24, 2.45) is 0 Å². The van der Waals surface area contributed by atoms with Crippen LogP contribution in [-0.2, 0) is 4.74 Å². The molecular weight excluding hydrogens is 281 g/mol. The predicted molar refractivity (Wildman–Crippen MR) is 62.3 cm³/mol. The van der Waals surface area contributed by atoms with Crippen molar-refractivity contribution in [2.75, 3.05) is 26.9 Å². The zero-order chi connectivity index (χ0) is 15.2. The lowest BCUT2D eigenvalue weighted by atomic mass is 10.2. The molecule has 0 bridgehead atoms. The van der Waals surface area contributed by atoms with Gasteiger partial charge in [0.25, 0.3) is 0 Å². The summed E-state index contributed by atoms with van der Waals surface area (Å²) in [6.45, 7) is -1.70. The van der Waals surface area contributed by atoms with Crippen LogP contribution in [0.4, 0.5) is 13.2 Å². The molecule has 1 rings (SSSR count). The predicted octanol–water partition coefficient (Wildman–Crippen LogP) is 2.35. The van der Waals surface area contributed by atoms with Gasteiger partial charge in [0.15, 0.2) is 11.5 Å². The SMILES string of the molecule is COc1cc(C(=O)O)ccc1OCCOCC(F)(F)F. The van der Waals surface area contributed by atoms with E-state index in [9.17, 15) is 18.0 Å². The van der Waals surface area contributed by atoms with Gasteiger partial charge in [-0.1, -0.05) is 0 Å². The molecule has 0 heterocycles. The summed E-state index contributed by atoms with van der Waals surface area (Å²) in [5, 5.41) is 8.80. The third-order valence-electron chi connectivity index (χ3n) is 2.16. The molecular formula is C12H13F3O5. The fourth-order valence-electron chi connectivity index (χ4n) is 1.32. The van der Waals surface area contributed by atoms with E-state index >= 15 is 0 Å². The lowest BCUT2D eigenvalue weighted by Crippen LogP contribution is -2.19. The summed E-state index contributed by atoms with van der Waals surface area (Å²) < 4.78 is 49.9. The van der Waals surface area contributed by atoms with Gasteiger partial charge in [-0.3, -0.25) is 0 Å². The number of aromatic carboxylic acids is 1. The molecule has 0 radical (unpaired) electrons. The van der Waals surface area contributed by atoms with Gasteiger partial charge in [0.2, 0.25) is 0 Å². The number of ether oxygens (including phenoxy) is 3. The maximum atomic E-state index is 11.8. The molecule has 112 valence electrons. The molecule has 0 unspecified atom stereocenters. The third-order valence-corrected chi connectivity index (χ3v) is 2.16. The molecule has 1 aromatic rings. The smallest absolute Gasteiger partial charge is 0.411 e. The number of carboxylic acid groups (broad SMARTS) is 1. The number of alkyl halides is 3. The fraction of sp³-hybridized carbons (Fsp3) is 0.417. The number of methoxy groups -OCH3 is 1. The summed E-state index contributed by atoms with van der Waals surface area (Å²) in [4.78, 5) is 10.8. The third kappa shape index (κ3) is 5.35. The van der Waals surface area contributed by atoms with Gasteiger partial charge in [-0.05, 0) is 18.2 Å². The zero-order valence-electron chi connectivity index (χ0n) is 10.6. The van der Waals surface area contributed by atoms with E-state index in [1.165, 1.54) is 25.3 Å². The molecule has 0 aliphatic carbocycles. The first-order valence-corrected chi connectivity index (χ1v) is 5.52. The van der Waals surface area contributed by atoms with Crippen LogP contribution < -0.4 is 9.47 Å². The number of benzene rings is 1. The van der Waals surface area contributed by atoms with Gasteiger partial charge < -0.3 is 19.3 Å². The van der Waals surface area contributed by atoms with E-state index in [0.29, 0.717) is 0 Å². The number of rotatable bonds is 7. The van der Waals surface area contributed by atoms with Gasteiger partial charge in [-0.15, -0.1) is 0 Å². The maximum Gasteiger partial charge on any atom is 0.411 e. The number of carbonyl (C=O) groups is 1. The standard InChI is InChI=1S/C12H13F3O5/c1-18-10-6-8(11(16)17)2-3-9(10)20-5-4-19-7-12(13,14)15/h2-3,6H,4-5,7H2,1H3,(H,16,17). The van der Waals surface area contributed by atoms with Crippen molar-refractivity contribution in [2.45, 2.75) is 6.18 Å². The molecule has 0 saturated carbocycles. The first-order valence-electron chi connectivity index (χ1n) is 5.52. The van der Waals surface area contributed by atoms with E-state index < -0.39 is 18.8 Å². The average Bonchev–Trinajstić information content (AvgIpc) is 2.36. The highest BCUT2D eigenvalue weighted by Gasteiger charge is 2.27. The second kappa shape index (κ2) is 6.99. The monoisotopic (exact) mass is 294 g/mol. The molecule has 0 aliphatic heterocycles. The van der Waals surface area contributed by atoms with Crippen molar-refractivity contribution < 1.29 is 37.3 Å². The van der Waals surface area contributed by atoms with E-state index in [1.54, 1.807) is 0 Å². The lowest BCUT2D eigenvalue weighted by Gasteiger charge is -2.12. The van der Waals surface area contributed by atoms with Crippen LogP contribution in [0.3, 0.4) is 0 Å². The Morgan fingerprint density at radius 1 is 1.25 bits per heavy atom. The summed E-state index contributed by atoms with van der Waals surface area (Å²) in [6, 6.07) is 3.93. The molecule has 0 atom stereocenters. The number of halogens is 3. The Balaban J connectivity index is 2.49. The van der Waals surface area contributed by atoms with Crippen LogP contribution in [0.25, 0.3) is 0 Å². The van der Waals surface area contributed by atoms with Crippen molar-refractivity contribution in [3.8, 4) is 11.5 Å². The normalized spacial score (nSPS) is 11.2. The highest BCUT2D eigenvalue weighted by atomic mass is 19.4. The van der Waals surface area contributed by atoms with E-state index in [4.69, 9.17) is 14.6 Å². The van der Waals surface area contributed by atoms with Crippen LogP contribution in [0.1, 0.15) is 10.4 Å². The molecule has 0 saturated heterocycles. The summed E-state index contributed by atoms with van der Waals surface area (Å²) in [7, 11) is 1.33. The Morgan fingerprint density at radius 3 is 2.50 bits per heavy atom. The van der Waals surface area contributed by atoms with Crippen molar-refractivity contribution in [1.82, 2.24) is 0 Å². The summed E-state index contributed by atoms with van der Waals surface area (Å²) in [6.07, 6.45) is -4.37. The fourth-order valence-corrected chi connectivity index (χ4v) is 1.32. The summed E-state index contributed by atoms with van der Waals surface area (Å²) in [5.41, 5.74) is 0.0162. The number of hydrogen-bond donors (Lipinski definition) is 1. The molecule has 20 heavy (non-hydrogen) atoms. The molecule has 0 spiro atoms. The Bertz CT molecular complexity index is 459. The van der Waals surface area contributed by atoms with E-state index in [2.05, 4.69) is 4.74 Å². The largest absolute Gasteiger partial charge is 0.493 e. The van der Waals surface area contributed by atoms with Crippen LogP contribution >= 0.6 is 0 Å². The molecule has 8 heteroatoms. The first-order chi connectivity index (χ1) is 9.33. The van der Waals surface area contributed by atoms with Gasteiger partial charge in [-0.2, -0.15) is 13.2 Å². The molecule has 5 nitrogen and oxygen atoms in total. The Hall–Kier alpha value is -1.96. The minimum absolute atomic E-state index is 0.0162. The van der Waals surface area contributed by atoms with Crippen molar-refractivity contribution in [3.05, 3.63) is 23.8 Å². The minimum atomic E-state index is -4.37. The van der Waals surface area contributed by atoms with Gasteiger partial charge in [0, 0.05) is 0 Å². The van der Waals surface area contributed by atoms with Gasteiger partial charge in [0.05, 0.1) is 19.3 Å². The Labute approximate surface area is 112 Å². The topological polar surface area (TPSA) is 65.0 Å². The molecule has 0 amide bonds. The van der Waals surface area contributed by atoms with Crippen LogP contribution in [0.15, 0.2) is 18.2 Å². The van der Waals surface area contributed by atoms with Crippen LogP contribution in [0.5, 0.6) is 11.5 Å². The van der Waals surface area contributed by atoms with E-state index in [0.717, 1.165) is 0 Å². The van der Waals surface area contributed by atoms with Crippen LogP contribution in [-0.4, -0.2) is 44.2 Å². The molecule has 0 aromatic heterocycles. The quantitative estimate of drug-likeness (QED) is 0.782. The molecule has 0 fully saturated rings. The molecule has 1 aromatic carbocycles. The van der Waals surface area contributed by atoms with Crippen LogP contribution in [0.2, 0.25) is 0 Å². The number of hydrogen-bond acceptors (Lipinski definition) is 4. The van der Waals surface area contributed by atoms with Crippen molar-refractivity contribution in [3.63, 3.8) is 0 Å². The van der Waals surface area contributed by atoms with Crippen LogP contribution in [0, 0.1) is 0 Å². The maximum absolute atomic E-state index is 11.8. The Kier molecular flexibility index (Phi) is 5.63. The Morgan fingerprint density at radius 2 is 1.95 bits per heavy atom. The van der Waals surface area contributed by atoms with E-state index in [1.807, 2.05) is 0 Å². The lowest BCUT2D eigenvalue weighted by molar-refractivity contribution is -0.175. The van der Waals surface area contributed by atoms with Gasteiger partial charge >= 0.3 is 12.1 Å². The molecule has 1 N–H and O–H groups in total. The second-order valence-corrected chi connectivity index (χ2v) is 3.69. The highest BCUT2D eigenvalue weighted by Crippen LogP contribution is 2.28. The van der Waals surface area contributed by atoms with Gasteiger partial charge in [0.1, 0.15) is 13.2 Å². The second-order valence-electron chi connectivity index (χ2n) is 3.69. The average molecular weight is 294 g/mol. The molecule has 0 aliphatic rings.